The van der Waals surface area contributed by atoms with Gasteiger partial charge in [-0.2, -0.15) is 0 Å². The third-order valence-corrected chi connectivity index (χ3v) is 4.95. The quantitative estimate of drug-likeness (QED) is 0.843. The molecule has 0 N–H and O–H groups in total. The van der Waals surface area contributed by atoms with Crippen LogP contribution in [0.1, 0.15) is 11.7 Å². The first-order valence-corrected chi connectivity index (χ1v) is 8.11. The lowest BCUT2D eigenvalue weighted by molar-refractivity contribution is 0.374. The molecular formula is C14H12BrFO2S. The van der Waals surface area contributed by atoms with Crippen LogP contribution >= 0.6 is 15.9 Å². The van der Waals surface area contributed by atoms with Crippen LogP contribution in [0.25, 0.3) is 0 Å². The predicted molar refractivity (Wildman–Crippen MR) is 76.5 cm³/mol. The first-order chi connectivity index (χ1) is 8.99. The topological polar surface area (TPSA) is 34.1 Å². The van der Waals surface area contributed by atoms with Crippen LogP contribution in [0, 0.1) is 0 Å². The Hall–Kier alpha value is -1.20. The lowest BCUT2D eigenvalue weighted by atomic mass is 10.1. The van der Waals surface area contributed by atoms with E-state index in [0.717, 1.165) is 4.47 Å². The molecule has 0 bridgehead atoms. The fourth-order valence-corrected chi connectivity index (χ4v) is 3.29. The molecule has 0 radical (unpaired) electrons. The molecule has 1 atom stereocenters. The van der Waals surface area contributed by atoms with Gasteiger partial charge in [0.2, 0.25) is 0 Å². The Morgan fingerprint density at radius 1 is 1.00 bits per heavy atom. The van der Waals surface area contributed by atoms with E-state index in [0.29, 0.717) is 5.56 Å². The molecule has 2 aromatic rings. The SMILES string of the molecule is O=S(=O)(C[C@H](F)c1ccc(Br)cc1)c1ccccc1. The minimum atomic E-state index is -3.60. The summed E-state index contributed by atoms with van der Waals surface area (Å²) in [6.07, 6.45) is -1.53. The number of halogens is 2. The van der Waals surface area contributed by atoms with Crippen LogP contribution in [0.2, 0.25) is 0 Å². The van der Waals surface area contributed by atoms with E-state index < -0.39 is 21.8 Å². The molecule has 0 aliphatic heterocycles. The molecule has 2 nitrogen and oxygen atoms in total. The third-order valence-electron chi connectivity index (χ3n) is 2.70. The Morgan fingerprint density at radius 3 is 2.16 bits per heavy atom. The second-order valence-corrected chi connectivity index (χ2v) is 7.06. The average molecular weight is 343 g/mol. The van der Waals surface area contributed by atoms with Gasteiger partial charge < -0.3 is 0 Å². The fourth-order valence-electron chi connectivity index (χ4n) is 1.68. The zero-order valence-corrected chi connectivity index (χ0v) is 12.4. The first kappa shape index (κ1) is 14.2. The zero-order chi connectivity index (χ0) is 13.9. The Balaban J connectivity index is 2.19. The van der Waals surface area contributed by atoms with Crippen molar-refractivity contribution >= 4 is 25.8 Å². The van der Waals surface area contributed by atoms with Gasteiger partial charge in [0.15, 0.2) is 9.84 Å². The van der Waals surface area contributed by atoms with E-state index in [1.165, 1.54) is 12.1 Å². The second kappa shape index (κ2) is 5.84. The van der Waals surface area contributed by atoms with Gasteiger partial charge in [-0.3, -0.25) is 0 Å². The summed E-state index contributed by atoms with van der Waals surface area (Å²) < 4.78 is 38.9. The van der Waals surface area contributed by atoms with Crippen molar-refractivity contribution in [2.24, 2.45) is 0 Å². The zero-order valence-electron chi connectivity index (χ0n) is 9.96. The van der Waals surface area contributed by atoms with Crippen molar-refractivity contribution in [3.8, 4) is 0 Å². The molecule has 0 unspecified atom stereocenters. The number of sulfone groups is 1. The van der Waals surface area contributed by atoms with Crippen molar-refractivity contribution in [1.29, 1.82) is 0 Å². The molecule has 2 rings (SSSR count). The molecule has 0 saturated heterocycles. The molecule has 2 aromatic carbocycles. The van der Waals surface area contributed by atoms with Crippen molar-refractivity contribution in [3.05, 3.63) is 64.6 Å². The molecule has 0 saturated carbocycles. The van der Waals surface area contributed by atoms with Crippen molar-refractivity contribution < 1.29 is 12.8 Å². The number of benzene rings is 2. The highest BCUT2D eigenvalue weighted by Gasteiger charge is 2.21. The van der Waals surface area contributed by atoms with Gasteiger partial charge >= 0.3 is 0 Å². The van der Waals surface area contributed by atoms with E-state index in [-0.39, 0.29) is 4.90 Å². The van der Waals surface area contributed by atoms with Gasteiger partial charge in [-0.1, -0.05) is 46.3 Å². The van der Waals surface area contributed by atoms with Crippen LogP contribution in [-0.4, -0.2) is 14.2 Å². The van der Waals surface area contributed by atoms with Gasteiger partial charge in [0.1, 0.15) is 6.17 Å². The largest absolute Gasteiger partial charge is 0.241 e. The van der Waals surface area contributed by atoms with E-state index in [1.54, 1.807) is 42.5 Å². The Kier molecular flexibility index (Phi) is 4.37. The highest BCUT2D eigenvalue weighted by molar-refractivity contribution is 9.10. The highest BCUT2D eigenvalue weighted by Crippen LogP contribution is 2.24. The summed E-state index contributed by atoms with van der Waals surface area (Å²) in [4.78, 5) is 0.148. The van der Waals surface area contributed by atoms with Crippen LogP contribution in [-0.2, 0) is 9.84 Å². The molecule has 0 aromatic heterocycles. The highest BCUT2D eigenvalue weighted by atomic mass is 79.9. The molecule has 0 aliphatic rings. The van der Waals surface area contributed by atoms with Gasteiger partial charge in [0, 0.05) is 4.47 Å². The van der Waals surface area contributed by atoms with Crippen LogP contribution < -0.4 is 0 Å². The van der Waals surface area contributed by atoms with Gasteiger partial charge in [0.25, 0.3) is 0 Å². The summed E-state index contributed by atoms with van der Waals surface area (Å²) in [5, 5.41) is 0. The normalized spacial score (nSPS) is 13.2. The van der Waals surface area contributed by atoms with Gasteiger partial charge in [-0.25, -0.2) is 12.8 Å². The minimum absolute atomic E-state index is 0.148. The van der Waals surface area contributed by atoms with Gasteiger partial charge in [-0.15, -0.1) is 0 Å². The van der Waals surface area contributed by atoms with Crippen LogP contribution in [0.15, 0.2) is 64.0 Å². The summed E-state index contributed by atoms with van der Waals surface area (Å²) >= 11 is 3.25. The summed E-state index contributed by atoms with van der Waals surface area (Å²) in [7, 11) is -3.60. The first-order valence-electron chi connectivity index (χ1n) is 5.66. The van der Waals surface area contributed by atoms with E-state index in [4.69, 9.17) is 0 Å². The number of alkyl halides is 1. The third kappa shape index (κ3) is 3.64. The van der Waals surface area contributed by atoms with E-state index >= 15 is 0 Å². The Labute approximate surface area is 120 Å². The summed E-state index contributed by atoms with van der Waals surface area (Å²) in [5.74, 6) is -0.543. The van der Waals surface area contributed by atoms with Crippen LogP contribution in [0.3, 0.4) is 0 Å². The molecule has 100 valence electrons. The number of hydrogen-bond donors (Lipinski definition) is 0. The summed E-state index contributed by atoms with van der Waals surface area (Å²) in [6, 6.07) is 14.5. The molecule has 19 heavy (non-hydrogen) atoms. The molecule has 0 fully saturated rings. The van der Waals surface area contributed by atoms with E-state index in [2.05, 4.69) is 15.9 Å². The maximum Gasteiger partial charge on any atom is 0.181 e. The number of hydrogen-bond acceptors (Lipinski definition) is 2. The Morgan fingerprint density at radius 2 is 1.58 bits per heavy atom. The smallest absolute Gasteiger partial charge is 0.181 e. The molecule has 5 heteroatoms. The summed E-state index contributed by atoms with van der Waals surface area (Å²) in [5.41, 5.74) is 0.364. The average Bonchev–Trinajstić information content (AvgIpc) is 2.40. The molecule has 0 heterocycles. The molecule has 0 aliphatic carbocycles. The number of rotatable bonds is 4. The fraction of sp³-hybridized carbons (Fsp3) is 0.143. The lowest BCUT2D eigenvalue weighted by Gasteiger charge is -2.09. The minimum Gasteiger partial charge on any atom is -0.241 e. The van der Waals surface area contributed by atoms with Crippen LogP contribution in [0.4, 0.5) is 4.39 Å². The lowest BCUT2D eigenvalue weighted by Crippen LogP contribution is -2.12. The molecule has 0 amide bonds. The van der Waals surface area contributed by atoms with Crippen molar-refractivity contribution in [2.75, 3.05) is 5.75 Å². The molecular weight excluding hydrogens is 331 g/mol. The maximum absolute atomic E-state index is 14.1. The molecule has 0 spiro atoms. The van der Waals surface area contributed by atoms with Crippen LogP contribution in [0.5, 0.6) is 0 Å². The standard InChI is InChI=1S/C14H12BrFO2S/c15-12-8-6-11(7-9-12)14(16)10-19(17,18)13-4-2-1-3-5-13/h1-9,14H,10H2/t14-/m0/s1. The van der Waals surface area contributed by atoms with Gasteiger partial charge in [0.05, 0.1) is 10.6 Å². The van der Waals surface area contributed by atoms with Crippen molar-refractivity contribution in [1.82, 2.24) is 0 Å². The predicted octanol–water partition coefficient (Wildman–Crippen LogP) is 3.93. The van der Waals surface area contributed by atoms with Gasteiger partial charge in [-0.05, 0) is 29.8 Å². The van der Waals surface area contributed by atoms with E-state index in [9.17, 15) is 12.8 Å². The monoisotopic (exact) mass is 342 g/mol. The van der Waals surface area contributed by atoms with Crippen molar-refractivity contribution in [3.63, 3.8) is 0 Å². The second-order valence-electron chi connectivity index (χ2n) is 4.11. The van der Waals surface area contributed by atoms with E-state index in [1.807, 2.05) is 0 Å². The maximum atomic E-state index is 14.1. The van der Waals surface area contributed by atoms with Crippen molar-refractivity contribution in [2.45, 2.75) is 11.1 Å². The Bertz CT molecular complexity index is 639. The summed E-state index contributed by atoms with van der Waals surface area (Å²) in [6.45, 7) is 0.